The van der Waals surface area contributed by atoms with Gasteiger partial charge in [0.15, 0.2) is 11.6 Å². The maximum Gasteiger partial charge on any atom is 0.266 e. The van der Waals surface area contributed by atoms with Crippen LogP contribution in [0, 0.1) is 0 Å². The van der Waals surface area contributed by atoms with Crippen molar-refractivity contribution in [2.45, 2.75) is 30.9 Å². The molecule has 0 fully saturated rings. The van der Waals surface area contributed by atoms with Crippen LogP contribution in [0.15, 0.2) is 82.3 Å². The highest BCUT2D eigenvalue weighted by atomic mass is 79.9. The van der Waals surface area contributed by atoms with Crippen LogP contribution in [-0.4, -0.2) is 63.0 Å². The Morgan fingerprint density at radius 2 is 1.80 bits per heavy atom. The van der Waals surface area contributed by atoms with E-state index in [2.05, 4.69) is 26.8 Å². The SMILES string of the molecule is COCCCNNC(=O)[C@@]1(Cc2ccc(Br)cc2)N=C(c2ccc(OCCCO)cc2)O[C@H]1c1cccc(OC)c1. The van der Waals surface area contributed by atoms with Crippen molar-refractivity contribution in [1.82, 2.24) is 10.9 Å². The second-order valence-corrected chi connectivity index (χ2v) is 10.5. The topological polar surface area (TPSA) is 111 Å². The van der Waals surface area contributed by atoms with Crippen LogP contribution in [0.4, 0.5) is 0 Å². The summed E-state index contributed by atoms with van der Waals surface area (Å²) in [6.07, 6.45) is 0.831. The van der Waals surface area contributed by atoms with Gasteiger partial charge in [-0.3, -0.25) is 10.2 Å². The third-order valence-corrected chi connectivity index (χ3v) is 7.19. The molecule has 2 atom stereocenters. The Bertz CT molecular complexity index is 1300. The van der Waals surface area contributed by atoms with Gasteiger partial charge in [-0.1, -0.05) is 40.2 Å². The molecule has 0 saturated carbocycles. The number of aliphatic imine (C=N–C) groups is 1. The Hall–Kier alpha value is -3.44. The van der Waals surface area contributed by atoms with Crippen molar-refractivity contribution < 1.29 is 28.8 Å². The lowest BCUT2D eigenvalue weighted by Gasteiger charge is -2.31. The molecule has 0 saturated heterocycles. The summed E-state index contributed by atoms with van der Waals surface area (Å²) in [5, 5.41) is 9.02. The van der Waals surface area contributed by atoms with Crippen LogP contribution in [0.25, 0.3) is 0 Å². The molecule has 0 aliphatic carbocycles. The Morgan fingerprint density at radius 1 is 1.02 bits per heavy atom. The third-order valence-electron chi connectivity index (χ3n) is 6.67. The minimum atomic E-state index is -1.33. The zero-order valence-electron chi connectivity index (χ0n) is 23.3. The molecule has 0 bridgehead atoms. The van der Waals surface area contributed by atoms with Crippen LogP contribution in [0.2, 0.25) is 0 Å². The number of aliphatic hydroxyl groups excluding tert-OH is 1. The molecule has 0 radical (unpaired) electrons. The molecule has 9 nitrogen and oxygen atoms in total. The monoisotopic (exact) mass is 625 g/mol. The highest BCUT2D eigenvalue weighted by molar-refractivity contribution is 9.10. The maximum atomic E-state index is 14.1. The molecule has 3 aromatic carbocycles. The first kappa shape index (κ1) is 30.5. The second kappa shape index (κ2) is 15.0. The van der Waals surface area contributed by atoms with Crippen LogP contribution in [0.5, 0.6) is 11.5 Å². The summed E-state index contributed by atoms with van der Waals surface area (Å²) in [5.74, 6) is 1.36. The summed E-state index contributed by atoms with van der Waals surface area (Å²) < 4.78 is 23.8. The number of ether oxygens (including phenoxy) is 4. The lowest BCUT2D eigenvalue weighted by molar-refractivity contribution is -0.130. The van der Waals surface area contributed by atoms with Gasteiger partial charge < -0.3 is 24.1 Å². The van der Waals surface area contributed by atoms with Gasteiger partial charge in [0, 0.05) is 49.7 Å². The number of aliphatic hydroxyl groups is 1. The minimum absolute atomic E-state index is 0.0676. The number of hydrogen-bond acceptors (Lipinski definition) is 8. The number of amides is 1. The fourth-order valence-corrected chi connectivity index (χ4v) is 4.82. The van der Waals surface area contributed by atoms with Crippen LogP contribution in [0.3, 0.4) is 0 Å². The summed E-state index contributed by atoms with van der Waals surface area (Å²) in [6.45, 7) is 1.59. The van der Waals surface area contributed by atoms with Gasteiger partial charge in [-0.2, -0.15) is 0 Å². The molecule has 0 aromatic heterocycles. The largest absolute Gasteiger partial charge is 0.497 e. The Kier molecular flexibility index (Phi) is 11.1. The van der Waals surface area contributed by atoms with E-state index >= 15 is 0 Å². The zero-order valence-corrected chi connectivity index (χ0v) is 24.9. The van der Waals surface area contributed by atoms with E-state index < -0.39 is 11.6 Å². The summed E-state index contributed by atoms with van der Waals surface area (Å²) in [5.41, 5.74) is 6.98. The third kappa shape index (κ3) is 7.85. The van der Waals surface area contributed by atoms with Crippen molar-refractivity contribution >= 4 is 27.7 Å². The standard InChI is InChI=1S/C31H36BrN3O6/c1-38-18-4-16-33-35-30(37)31(21-22-8-12-25(32)13-9-22)28(24-6-3-7-27(20-24)39-2)41-29(34-31)23-10-14-26(15-11-23)40-19-5-17-36/h3,6-15,20,28,33,36H,4-5,16-19,21H2,1-2H3,(H,35,37)/t28-,31-/m0/s1. The first-order valence-corrected chi connectivity index (χ1v) is 14.3. The maximum absolute atomic E-state index is 14.1. The lowest BCUT2D eigenvalue weighted by Crippen LogP contribution is -2.54. The minimum Gasteiger partial charge on any atom is -0.497 e. The summed E-state index contributed by atoms with van der Waals surface area (Å²) >= 11 is 3.50. The van der Waals surface area contributed by atoms with E-state index in [0.29, 0.717) is 55.6 Å². The van der Waals surface area contributed by atoms with Crippen LogP contribution >= 0.6 is 15.9 Å². The van der Waals surface area contributed by atoms with Gasteiger partial charge in [-0.15, -0.1) is 0 Å². The number of nitrogens with zero attached hydrogens (tertiary/aromatic N) is 1. The van der Waals surface area contributed by atoms with Gasteiger partial charge in [-0.05, 0) is 66.1 Å². The average Bonchev–Trinajstić information content (AvgIpc) is 3.39. The molecule has 1 heterocycles. The van der Waals surface area contributed by atoms with Crippen LogP contribution in [-0.2, 0) is 20.7 Å². The van der Waals surface area contributed by atoms with Crippen LogP contribution in [0.1, 0.15) is 35.6 Å². The number of nitrogens with one attached hydrogen (secondary N) is 2. The first-order chi connectivity index (χ1) is 20.0. The van der Waals surface area contributed by atoms with Crippen molar-refractivity contribution in [1.29, 1.82) is 0 Å². The molecule has 0 unspecified atom stereocenters. The number of carbonyl (C=O) groups is 1. The van der Waals surface area contributed by atoms with E-state index in [1.54, 1.807) is 14.2 Å². The number of rotatable bonds is 15. The Morgan fingerprint density at radius 3 is 2.51 bits per heavy atom. The molecule has 1 aliphatic rings. The van der Waals surface area contributed by atoms with Crippen molar-refractivity contribution in [2.75, 3.05) is 40.6 Å². The molecule has 10 heteroatoms. The zero-order chi connectivity index (χ0) is 29.1. The molecule has 1 aliphatic heterocycles. The molecule has 41 heavy (non-hydrogen) atoms. The lowest BCUT2D eigenvalue weighted by atomic mass is 9.82. The molecular weight excluding hydrogens is 590 g/mol. The van der Waals surface area contributed by atoms with Gasteiger partial charge in [0.05, 0.1) is 13.7 Å². The number of halogens is 1. The van der Waals surface area contributed by atoms with E-state index in [0.717, 1.165) is 22.0 Å². The van der Waals surface area contributed by atoms with Gasteiger partial charge in [-0.25, -0.2) is 10.4 Å². The van der Waals surface area contributed by atoms with Crippen molar-refractivity contribution in [3.05, 3.63) is 94.0 Å². The Labute approximate surface area is 249 Å². The van der Waals surface area contributed by atoms with Gasteiger partial charge in [0.25, 0.3) is 5.91 Å². The molecule has 3 N–H and O–H groups in total. The van der Waals surface area contributed by atoms with E-state index in [1.165, 1.54) is 0 Å². The normalized spacial score (nSPS) is 18.0. The second-order valence-electron chi connectivity index (χ2n) is 9.60. The number of hydrogen-bond donors (Lipinski definition) is 3. The Balaban J connectivity index is 1.73. The highest BCUT2D eigenvalue weighted by Gasteiger charge is 2.53. The number of carbonyl (C=O) groups excluding carboxylic acids is 1. The first-order valence-electron chi connectivity index (χ1n) is 13.5. The van der Waals surface area contributed by atoms with E-state index in [9.17, 15) is 4.79 Å². The van der Waals surface area contributed by atoms with E-state index in [4.69, 9.17) is 29.0 Å². The van der Waals surface area contributed by atoms with Crippen molar-refractivity contribution in [3.8, 4) is 11.5 Å². The molecule has 4 rings (SSSR count). The molecule has 1 amide bonds. The van der Waals surface area contributed by atoms with Gasteiger partial charge in [0.2, 0.25) is 5.90 Å². The number of benzene rings is 3. The summed E-state index contributed by atoms with van der Waals surface area (Å²) in [7, 11) is 3.25. The highest BCUT2D eigenvalue weighted by Crippen LogP contribution is 2.43. The van der Waals surface area contributed by atoms with Crippen molar-refractivity contribution in [2.24, 2.45) is 4.99 Å². The number of methoxy groups -OCH3 is 2. The molecule has 218 valence electrons. The summed E-state index contributed by atoms with van der Waals surface area (Å²) in [4.78, 5) is 19.1. The van der Waals surface area contributed by atoms with Crippen molar-refractivity contribution in [3.63, 3.8) is 0 Å². The van der Waals surface area contributed by atoms with Gasteiger partial charge in [0.1, 0.15) is 11.5 Å². The quantitative estimate of drug-likeness (QED) is 0.170. The van der Waals surface area contributed by atoms with E-state index in [1.807, 2.05) is 72.8 Å². The average molecular weight is 627 g/mol. The predicted molar refractivity (Wildman–Crippen MR) is 160 cm³/mol. The molecule has 3 aromatic rings. The number of hydrazine groups is 1. The molecular formula is C31H36BrN3O6. The fraction of sp³-hybridized carbons (Fsp3) is 0.355. The predicted octanol–water partition coefficient (Wildman–Crippen LogP) is 4.38. The van der Waals surface area contributed by atoms with E-state index in [-0.39, 0.29) is 12.5 Å². The fourth-order valence-electron chi connectivity index (χ4n) is 4.56. The van der Waals surface area contributed by atoms with Crippen LogP contribution < -0.4 is 20.3 Å². The smallest absolute Gasteiger partial charge is 0.266 e. The summed E-state index contributed by atoms with van der Waals surface area (Å²) in [6, 6.07) is 22.7. The molecule has 0 spiro atoms. The van der Waals surface area contributed by atoms with Gasteiger partial charge >= 0.3 is 0 Å².